The van der Waals surface area contributed by atoms with Gasteiger partial charge in [-0.1, -0.05) is 25.1 Å². The molecule has 6 aromatic rings. The highest BCUT2D eigenvalue weighted by atomic mass is 19.1. The molecule has 0 spiro atoms. The number of H-pyrrole nitrogens is 1. The third-order valence-electron chi connectivity index (χ3n) is 7.63. The van der Waals surface area contributed by atoms with E-state index in [1.165, 1.54) is 18.5 Å². The van der Waals surface area contributed by atoms with E-state index in [2.05, 4.69) is 20.3 Å². The summed E-state index contributed by atoms with van der Waals surface area (Å²) in [5, 5.41) is 3.71. The maximum atomic E-state index is 15.3. The summed E-state index contributed by atoms with van der Waals surface area (Å²) in [5.41, 5.74) is 4.21. The lowest BCUT2D eigenvalue weighted by molar-refractivity contribution is 0.102. The Morgan fingerprint density at radius 1 is 1.07 bits per heavy atom. The van der Waals surface area contributed by atoms with Gasteiger partial charge in [0.2, 0.25) is 11.3 Å². The molecule has 2 N–H and O–H groups in total. The molecular weight excluding hydrogens is 549 g/mol. The fraction of sp³-hybridized carbons (Fsp3) is 0.152. The van der Waals surface area contributed by atoms with Gasteiger partial charge >= 0.3 is 0 Å². The molecule has 1 amide bonds. The molecule has 6 rings (SSSR count). The van der Waals surface area contributed by atoms with Crippen molar-refractivity contribution in [2.75, 3.05) is 12.4 Å². The third-order valence-corrected chi connectivity index (χ3v) is 7.63. The summed E-state index contributed by atoms with van der Waals surface area (Å²) in [6.07, 6.45) is 3.87. The number of nitrogens with zero attached hydrogens (tertiary/aromatic N) is 3. The molecule has 0 saturated carbocycles. The standard InChI is InChI=1S/C33H28FN5O4/c1-5-19-6-12-26-23(14-19)30(40)28(18(2)39(26)3)32(41)38-21-9-13-27(25(34)15-21)43-33-29-24(16-35-31(29)36-17-37-33)20-7-10-22(42-4)11-8-20/h6-17H,5H2,1-4H3,(H,38,41)(H,35,36,37). The largest absolute Gasteiger partial charge is 0.497 e. The van der Waals surface area contributed by atoms with Gasteiger partial charge in [-0.15, -0.1) is 0 Å². The molecule has 0 aliphatic heterocycles. The van der Waals surface area contributed by atoms with Crippen LogP contribution in [0, 0.1) is 12.7 Å². The molecule has 0 fully saturated rings. The van der Waals surface area contributed by atoms with Gasteiger partial charge in [0.15, 0.2) is 11.6 Å². The number of halogens is 1. The normalized spacial score (nSPS) is 11.2. The first-order valence-corrected chi connectivity index (χ1v) is 13.7. The van der Waals surface area contributed by atoms with Crippen LogP contribution in [0.4, 0.5) is 10.1 Å². The van der Waals surface area contributed by atoms with Gasteiger partial charge in [0.1, 0.15) is 23.3 Å². The van der Waals surface area contributed by atoms with Crippen molar-refractivity contribution >= 4 is 33.5 Å². The molecule has 0 unspecified atom stereocenters. The van der Waals surface area contributed by atoms with Crippen LogP contribution in [0.2, 0.25) is 0 Å². The minimum absolute atomic E-state index is 0.00545. The summed E-state index contributed by atoms with van der Waals surface area (Å²) in [5.74, 6) is -0.558. The zero-order chi connectivity index (χ0) is 30.2. The number of benzene rings is 3. The molecular formula is C33H28FN5O4. The average molecular weight is 578 g/mol. The maximum Gasteiger partial charge on any atom is 0.261 e. The number of amides is 1. The van der Waals surface area contributed by atoms with E-state index in [0.717, 1.165) is 34.7 Å². The second-order valence-corrected chi connectivity index (χ2v) is 10.1. The second-order valence-electron chi connectivity index (χ2n) is 10.1. The minimum Gasteiger partial charge on any atom is -0.497 e. The van der Waals surface area contributed by atoms with E-state index in [0.29, 0.717) is 27.9 Å². The molecule has 3 heterocycles. The predicted octanol–water partition coefficient (Wildman–Crippen LogP) is 6.54. The molecule has 0 atom stereocenters. The van der Waals surface area contributed by atoms with Gasteiger partial charge in [0.25, 0.3) is 5.91 Å². The number of fused-ring (bicyclic) bond motifs is 2. The number of hydrogen-bond acceptors (Lipinski definition) is 6. The van der Waals surface area contributed by atoms with E-state index in [4.69, 9.17) is 9.47 Å². The lowest BCUT2D eigenvalue weighted by Crippen LogP contribution is -2.26. The van der Waals surface area contributed by atoms with Crippen molar-refractivity contribution in [1.82, 2.24) is 19.5 Å². The van der Waals surface area contributed by atoms with Crippen LogP contribution >= 0.6 is 0 Å². The number of aromatic nitrogens is 4. The number of methoxy groups -OCH3 is 1. The summed E-state index contributed by atoms with van der Waals surface area (Å²) < 4.78 is 28.3. The fourth-order valence-corrected chi connectivity index (χ4v) is 5.16. The highest BCUT2D eigenvalue weighted by Gasteiger charge is 2.21. The third kappa shape index (κ3) is 4.97. The van der Waals surface area contributed by atoms with Gasteiger partial charge < -0.3 is 24.3 Å². The summed E-state index contributed by atoms with van der Waals surface area (Å²) in [6, 6.07) is 17.2. The quantitative estimate of drug-likeness (QED) is 0.223. The molecule has 0 aliphatic carbocycles. The number of anilines is 1. The Labute approximate surface area is 245 Å². The van der Waals surface area contributed by atoms with Crippen LogP contribution in [0.1, 0.15) is 28.5 Å². The summed E-state index contributed by atoms with van der Waals surface area (Å²) in [4.78, 5) is 38.3. The Balaban J connectivity index is 1.29. The molecule has 0 radical (unpaired) electrons. The number of pyridine rings is 1. The van der Waals surface area contributed by atoms with Crippen molar-refractivity contribution in [3.63, 3.8) is 0 Å². The molecule has 3 aromatic carbocycles. The minimum atomic E-state index is -0.721. The van der Waals surface area contributed by atoms with Crippen LogP contribution in [-0.4, -0.2) is 32.5 Å². The van der Waals surface area contributed by atoms with Crippen LogP contribution in [0.5, 0.6) is 17.4 Å². The molecule has 0 aliphatic rings. The smallest absolute Gasteiger partial charge is 0.261 e. The first-order chi connectivity index (χ1) is 20.8. The van der Waals surface area contributed by atoms with Gasteiger partial charge in [-0.2, -0.15) is 0 Å². The van der Waals surface area contributed by atoms with Gasteiger partial charge in [-0.3, -0.25) is 9.59 Å². The van der Waals surface area contributed by atoms with Gasteiger partial charge in [-0.05, 0) is 60.9 Å². The summed E-state index contributed by atoms with van der Waals surface area (Å²) >= 11 is 0. The number of nitrogens with one attached hydrogen (secondary N) is 2. The Morgan fingerprint density at radius 2 is 1.86 bits per heavy atom. The average Bonchev–Trinajstić information content (AvgIpc) is 3.46. The van der Waals surface area contributed by atoms with E-state index in [1.807, 2.05) is 54.0 Å². The van der Waals surface area contributed by atoms with Crippen LogP contribution in [0.15, 0.2) is 78.0 Å². The predicted molar refractivity (Wildman–Crippen MR) is 164 cm³/mol. The number of aryl methyl sites for hydroxylation is 2. The monoisotopic (exact) mass is 577 g/mol. The van der Waals surface area contributed by atoms with Crippen molar-refractivity contribution in [2.24, 2.45) is 7.05 Å². The number of rotatable bonds is 7. The first-order valence-electron chi connectivity index (χ1n) is 13.7. The van der Waals surface area contributed by atoms with Gasteiger partial charge in [-0.25, -0.2) is 14.4 Å². The van der Waals surface area contributed by atoms with E-state index in [1.54, 1.807) is 27.3 Å². The number of carbonyl (C=O) groups is 1. The summed E-state index contributed by atoms with van der Waals surface area (Å²) in [7, 11) is 3.40. The Kier molecular flexibility index (Phi) is 7.11. The lowest BCUT2D eigenvalue weighted by Gasteiger charge is -2.15. The Bertz CT molecular complexity index is 2080. The van der Waals surface area contributed by atoms with Crippen LogP contribution in [-0.2, 0) is 13.5 Å². The van der Waals surface area contributed by atoms with Crippen molar-refractivity contribution in [1.29, 1.82) is 0 Å². The zero-order valence-electron chi connectivity index (χ0n) is 24.0. The van der Waals surface area contributed by atoms with E-state index in [-0.39, 0.29) is 28.3 Å². The van der Waals surface area contributed by atoms with Crippen LogP contribution in [0.25, 0.3) is 33.1 Å². The molecule has 3 aromatic heterocycles. The Morgan fingerprint density at radius 3 is 2.58 bits per heavy atom. The SMILES string of the molecule is CCc1ccc2c(c1)c(=O)c(C(=O)Nc1ccc(Oc3ncnc4[nH]cc(-c5ccc(OC)cc5)c34)c(F)c1)c(C)n2C. The lowest BCUT2D eigenvalue weighted by atomic mass is 10.0. The maximum absolute atomic E-state index is 15.3. The van der Waals surface area contributed by atoms with Gasteiger partial charge in [0, 0.05) is 41.6 Å². The van der Waals surface area contributed by atoms with E-state index >= 15 is 4.39 Å². The molecule has 216 valence electrons. The number of hydrogen-bond donors (Lipinski definition) is 2. The Hall–Kier alpha value is -5.51. The fourth-order valence-electron chi connectivity index (χ4n) is 5.16. The van der Waals surface area contributed by atoms with Crippen molar-refractivity contribution < 1.29 is 18.7 Å². The molecule has 10 heteroatoms. The van der Waals surface area contributed by atoms with Crippen LogP contribution in [0.3, 0.4) is 0 Å². The first kappa shape index (κ1) is 27.6. The van der Waals surface area contributed by atoms with E-state index < -0.39 is 11.7 Å². The molecule has 0 saturated heterocycles. The topological polar surface area (TPSA) is 111 Å². The van der Waals surface area contributed by atoms with Crippen molar-refractivity contribution in [2.45, 2.75) is 20.3 Å². The summed E-state index contributed by atoms with van der Waals surface area (Å²) in [6.45, 7) is 3.71. The van der Waals surface area contributed by atoms with Crippen molar-refractivity contribution in [3.8, 4) is 28.5 Å². The number of carbonyl (C=O) groups excluding carboxylic acids is 1. The molecule has 9 nitrogen and oxygen atoms in total. The highest BCUT2D eigenvalue weighted by molar-refractivity contribution is 6.07. The van der Waals surface area contributed by atoms with E-state index in [9.17, 15) is 9.59 Å². The van der Waals surface area contributed by atoms with Gasteiger partial charge in [0.05, 0.1) is 18.0 Å². The highest BCUT2D eigenvalue weighted by Crippen LogP contribution is 2.36. The molecule has 43 heavy (non-hydrogen) atoms. The van der Waals surface area contributed by atoms with Crippen molar-refractivity contribution in [3.05, 3.63) is 106 Å². The number of aromatic amines is 1. The van der Waals surface area contributed by atoms with Crippen LogP contribution < -0.4 is 20.2 Å². The zero-order valence-corrected chi connectivity index (χ0v) is 24.0. The second kappa shape index (κ2) is 11.1. The molecule has 0 bridgehead atoms. The number of ether oxygens (including phenoxy) is 2.